The van der Waals surface area contributed by atoms with Gasteiger partial charge in [-0.15, -0.1) is 5.10 Å². The van der Waals surface area contributed by atoms with Gasteiger partial charge in [0.05, 0.1) is 11.5 Å². The number of nitrogens with two attached hydrogens (primary N) is 1. The number of benzene rings is 1. The molecule has 3 N–H and O–H groups in total. The summed E-state index contributed by atoms with van der Waals surface area (Å²) in [6.45, 7) is 0. The molecular weight excluding hydrogens is 360 g/mol. The van der Waals surface area contributed by atoms with Crippen LogP contribution in [0.25, 0.3) is 0 Å². The Bertz CT molecular complexity index is 731. The monoisotopic (exact) mass is 366 g/mol. The number of nitrogens with zero attached hydrogens (tertiary/aromatic N) is 4. The van der Waals surface area contributed by atoms with E-state index in [4.69, 9.17) is 17.3 Å². The van der Waals surface area contributed by atoms with Gasteiger partial charge >= 0.3 is 0 Å². The summed E-state index contributed by atoms with van der Waals surface area (Å²) in [5, 5.41) is 11.0. The average Bonchev–Trinajstić information content (AvgIpc) is 2.68. The zero-order chi connectivity index (χ0) is 14.2. The SMILES string of the molecule is Cn1nnc(NS(=O)(=O)c2cc(Cl)cc(N)c2Br)n1. The first-order chi connectivity index (χ1) is 8.79. The number of nitrogens with one attached hydrogen (secondary N) is 1. The highest BCUT2D eigenvalue weighted by molar-refractivity contribution is 9.10. The lowest BCUT2D eigenvalue weighted by Crippen LogP contribution is -2.15. The molecule has 0 saturated heterocycles. The van der Waals surface area contributed by atoms with E-state index in [1.165, 1.54) is 19.2 Å². The fourth-order valence-electron chi connectivity index (χ4n) is 1.28. The van der Waals surface area contributed by atoms with E-state index >= 15 is 0 Å². The standard InChI is InChI=1S/C8H8BrClN6O2S/c1-16-13-8(12-15-16)14-19(17,18)6-3-4(10)2-5(11)7(6)9/h2-3H,11H2,1H3,(H,13,14). The molecule has 2 rings (SSSR count). The number of nitrogen functional groups attached to an aromatic ring is 1. The van der Waals surface area contributed by atoms with Gasteiger partial charge in [-0.05, 0) is 33.3 Å². The van der Waals surface area contributed by atoms with Gasteiger partial charge in [0, 0.05) is 10.7 Å². The van der Waals surface area contributed by atoms with E-state index < -0.39 is 10.0 Å². The van der Waals surface area contributed by atoms with E-state index in [-0.39, 0.29) is 26.0 Å². The number of aryl methyl sites for hydroxylation is 1. The van der Waals surface area contributed by atoms with E-state index in [0.29, 0.717) is 0 Å². The maximum atomic E-state index is 12.2. The van der Waals surface area contributed by atoms with Crippen molar-refractivity contribution in [1.82, 2.24) is 20.2 Å². The van der Waals surface area contributed by atoms with Crippen LogP contribution in [0.2, 0.25) is 5.02 Å². The molecule has 2 aromatic rings. The lowest BCUT2D eigenvalue weighted by Gasteiger charge is -2.09. The predicted molar refractivity (Wildman–Crippen MR) is 73.2 cm³/mol. The summed E-state index contributed by atoms with van der Waals surface area (Å²) in [4.78, 5) is 1.02. The van der Waals surface area contributed by atoms with Crippen molar-refractivity contribution in [2.24, 2.45) is 7.05 Å². The zero-order valence-corrected chi connectivity index (χ0v) is 12.7. The summed E-state index contributed by atoms with van der Waals surface area (Å²) in [7, 11) is -2.40. The van der Waals surface area contributed by atoms with E-state index in [1.54, 1.807) is 0 Å². The molecule has 11 heteroatoms. The van der Waals surface area contributed by atoms with E-state index in [1.807, 2.05) is 0 Å². The van der Waals surface area contributed by atoms with Crippen molar-refractivity contribution in [2.75, 3.05) is 10.5 Å². The predicted octanol–water partition coefficient (Wildman–Crippen LogP) is 1.01. The van der Waals surface area contributed by atoms with E-state index in [2.05, 4.69) is 36.1 Å². The summed E-state index contributed by atoms with van der Waals surface area (Å²) < 4.78 is 26.7. The van der Waals surface area contributed by atoms with Crippen LogP contribution in [-0.4, -0.2) is 28.6 Å². The third-order valence-corrected chi connectivity index (χ3v) is 4.77. The number of hydrogen-bond acceptors (Lipinski definition) is 6. The van der Waals surface area contributed by atoms with Crippen LogP contribution in [0.1, 0.15) is 0 Å². The smallest absolute Gasteiger partial charge is 0.277 e. The largest absolute Gasteiger partial charge is 0.398 e. The highest BCUT2D eigenvalue weighted by atomic mass is 79.9. The van der Waals surface area contributed by atoms with Crippen LogP contribution in [0.4, 0.5) is 11.6 Å². The van der Waals surface area contributed by atoms with Gasteiger partial charge in [-0.2, -0.15) is 4.80 Å². The first kappa shape index (κ1) is 14.0. The van der Waals surface area contributed by atoms with Gasteiger partial charge in [-0.3, -0.25) is 0 Å². The Balaban J connectivity index is 2.45. The van der Waals surface area contributed by atoms with Crippen molar-refractivity contribution in [2.45, 2.75) is 4.90 Å². The first-order valence-electron chi connectivity index (χ1n) is 4.81. The normalized spacial score (nSPS) is 11.5. The van der Waals surface area contributed by atoms with Crippen molar-refractivity contribution in [3.05, 3.63) is 21.6 Å². The van der Waals surface area contributed by atoms with Gasteiger partial charge < -0.3 is 5.73 Å². The zero-order valence-electron chi connectivity index (χ0n) is 9.50. The molecule has 0 aliphatic heterocycles. The Morgan fingerprint density at radius 1 is 1.47 bits per heavy atom. The minimum absolute atomic E-state index is 0.107. The van der Waals surface area contributed by atoms with Gasteiger partial charge in [-0.25, -0.2) is 13.1 Å². The Morgan fingerprint density at radius 2 is 2.16 bits per heavy atom. The molecule has 19 heavy (non-hydrogen) atoms. The molecule has 1 aromatic carbocycles. The number of hydrogen-bond donors (Lipinski definition) is 2. The molecule has 1 heterocycles. The number of rotatable bonds is 3. The summed E-state index contributed by atoms with van der Waals surface area (Å²) >= 11 is 8.90. The number of sulfonamides is 1. The fourth-order valence-corrected chi connectivity index (χ4v) is 3.51. The van der Waals surface area contributed by atoms with Crippen LogP contribution in [0.3, 0.4) is 0 Å². The van der Waals surface area contributed by atoms with Crippen LogP contribution in [0.5, 0.6) is 0 Å². The molecule has 1 aromatic heterocycles. The van der Waals surface area contributed by atoms with Gasteiger partial charge in [0.25, 0.3) is 16.0 Å². The van der Waals surface area contributed by atoms with Gasteiger partial charge in [0.1, 0.15) is 4.90 Å². The second-order valence-electron chi connectivity index (χ2n) is 3.52. The molecule has 8 nitrogen and oxygen atoms in total. The van der Waals surface area contributed by atoms with Crippen LogP contribution >= 0.6 is 27.5 Å². The van der Waals surface area contributed by atoms with Gasteiger partial charge in [0.2, 0.25) is 0 Å². The molecule has 0 amide bonds. The molecule has 0 unspecified atom stereocenters. The quantitative estimate of drug-likeness (QED) is 0.782. The Hall–Kier alpha value is -1.39. The van der Waals surface area contributed by atoms with Gasteiger partial charge in [-0.1, -0.05) is 16.7 Å². The van der Waals surface area contributed by atoms with Crippen LogP contribution in [0, 0.1) is 0 Å². The molecule has 102 valence electrons. The minimum Gasteiger partial charge on any atom is -0.398 e. The second kappa shape index (κ2) is 4.94. The molecule has 0 radical (unpaired) electrons. The lowest BCUT2D eigenvalue weighted by atomic mass is 10.3. The van der Waals surface area contributed by atoms with Crippen LogP contribution < -0.4 is 10.5 Å². The summed E-state index contributed by atoms with van der Waals surface area (Å²) in [5.41, 5.74) is 5.85. The van der Waals surface area contributed by atoms with E-state index in [0.717, 1.165) is 4.80 Å². The molecule has 0 atom stereocenters. The maximum absolute atomic E-state index is 12.2. The Morgan fingerprint density at radius 3 is 2.74 bits per heavy atom. The third kappa shape index (κ3) is 2.96. The van der Waals surface area contributed by atoms with Crippen molar-refractivity contribution in [3.63, 3.8) is 0 Å². The first-order valence-corrected chi connectivity index (χ1v) is 7.46. The maximum Gasteiger partial charge on any atom is 0.277 e. The topological polar surface area (TPSA) is 116 Å². The summed E-state index contributed by atoms with van der Waals surface area (Å²) in [6.07, 6.45) is 0. The number of halogens is 2. The van der Waals surface area contributed by atoms with Crippen LogP contribution in [-0.2, 0) is 17.1 Å². The molecule has 0 aliphatic rings. The van der Waals surface area contributed by atoms with Crippen LogP contribution in [0.15, 0.2) is 21.5 Å². The summed E-state index contributed by atoms with van der Waals surface area (Å²) in [6, 6.07) is 2.70. The fraction of sp³-hybridized carbons (Fsp3) is 0.125. The van der Waals surface area contributed by atoms with E-state index in [9.17, 15) is 8.42 Å². The molecular formula is C8H8BrClN6O2S. The third-order valence-electron chi connectivity index (χ3n) is 2.06. The number of anilines is 2. The highest BCUT2D eigenvalue weighted by Gasteiger charge is 2.22. The lowest BCUT2D eigenvalue weighted by molar-refractivity contribution is 0.600. The second-order valence-corrected chi connectivity index (χ2v) is 6.40. The summed E-state index contributed by atoms with van der Waals surface area (Å²) in [5.74, 6) is -0.145. The number of aromatic nitrogens is 4. The highest BCUT2D eigenvalue weighted by Crippen LogP contribution is 2.32. The van der Waals surface area contributed by atoms with Gasteiger partial charge in [0.15, 0.2) is 0 Å². The Labute approximate surface area is 122 Å². The Kier molecular flexibility index (Phi) is 3.65. The minimum atomic E-state index is -3.92. The average molecular weight is 368 g/mol. The number of tetrazole rings is 1. The van der Waals surface area contributed by atoms with Crippen molar-refractivity contribution in [3.8, 4) is 0 Å². The molecule has 0 saturated carbocycles. The molecule has 0 aliphatic carbocycles. The van der Waals surface area contributed by atoms with Crippen molar-refractivity contribution in [1.29, 1.82) is 0 Å². The van der Waals surface area contributed by atoms with Crippen molar-refractivity contribution < 1.29 is 8.42 Å². The molecule has 0 fully saturated rings. The van der Waals surface area contributed by atoms with Crippen molar-refractivity contribution >= 4 is 49.2 Å². The molecule has 0 bridgehead atoms. The molecule has 0 spiro atoms.